The van der Waals surface area contributed by atoms with Gasteiger partial charge in [0.1, 0.15) is 0 Å². The Bertz CT molecular complexity index is 826. The first-order valence-electron chi connectivity index (χ1n) is 6.95. The molecule has 0 spiro atoms. The molecule has 130 valence electrons. The van der Waals surface area contributed by atoms with Gasteiger partial charge in [-0.05, 0) is 36.4 Å². The highest BCUT2D eigenvalue weighted by Crippen LogP contribution is 2.25. The number of rotatable bonds is 6. The van der Waals surface area contributed by atoms with Gasteiger partial charge in [0.15, 0.2) is 0 Å². The lowest BCUT2D eigenvalue weighted by molar-refractivity contribution is -0.385. The van der Waals surface area contributed by atoms with E-state index in [2.05, 4.69) is 15.9 Å². The van der Waals surface area contributed by atoms with Gasteiger partial charge in [0.25, 0.3) is 11.6 Å². The third-order valence-corrected chi connectivity index (χ3v) is 4.05. The number of carboxylic acid groups (broad SMARTS) is 1. The summed E-state index contributed by atoms with van der Waals surface area (Å²) in [6.45, 7) is -0.951. The number of benzene rings is 2. The van der Waals surface area contributed by atoms with E-state index >= 15 is 0 Å². The number of aliphatic carboxylic acids is 1. The van der Waals surface area contributed by atoms with Crippen molar-refractivity contribution < 1.29 is 19.6 Å². The second-order valence-electron chi connectivity index (χ2n) is 5.07. The van der Waals surface area contributed by atoms with Crippen molar-refractivity contribution >= 4 is 45.1 Å². The zero-order valence-corrected chi connectivity index (χ0v) is 15.0. The molecule has 0 bridgehead atoms. The third kappa shape index (κ3) is 5.01. The minimum absolute atomic E-state index is 0.205. The van der Waals surface area contributed by atoms with Gasteiger partial charge in [0, 0.05) is 26.7 Å². The molecule has 0 N–H and O–H groups in total. The molecule has 0 heterocycles. The highest BCUT2D eigenvalue weighted by Gasteiger charge is 2.21. The topological polar surface area (TPSA) is 104 Å². The molecule has 0 saturated carbocycles. The van der Waals surface area contributed by atoms with Crippen LogP contribution in [0.5, 0.6) is 0 Å². The maximum atomic E-state index is 12.6. The second kappa shape index (κ2) is 8.09. The number of amides is 1. The molecule has 0 aliphatic carbocycles. The van der Waals surface area contributed by atoms with Gasteiger partial charge in [-0.1, -0.05) is 27.5 Å². The van der Waals surface area contributed by atoms with E-state index in [-0.39, 0.29) is 23.4 Å². The summed E-state index contributed by atoms with van der Waals surface area (Å²) in [5.41, 5.74) is 0.198. The Kier molecular flexibility index (Phi) is 6.11. The number of carbonyl (C=O) groups excluding carboxylic acids is 2. The van der Waals surface area contributed by atoms with Crippen LogP contribution in [0.3, 0.4) is 0 Å². The van der Waals surface area contributed by atoms with Crippen molar-refractivity contribution in [3.8, 4) is 0 Å². The van der Waals surface area contributed by atoms with Gasteiger partial charge in [0.2, 0.25) is 0 Å². The van der Waals surface area contributed by atoms with Gasteiger partial charge in [-0.2, -0.15) is 0 Å². The van der Waals surface area contributed by atoms with Gasteiger partial charge in [-0.3, -0.25) is 14.9 Å². The fourth-order valence-corrected chi connectivity index (χ4v) is 2.65. The number of halogens is 2. The Morgan fingerprint density at radius 1 is 1.16 bits per heavy atom. The van der Waals surface area contributed by atoms with Crippen LogP contribution >= 0.6 is 27.5 Å². The summed E-state index contributed by atoms with van der Waals surface area (Å²) in [6.07, 6.45) is 0. The van der Waals surface area contributed by atoms with Crippen molar-refractivity contribution in [2.75, 3.05) is 6.54 Å². The van der Waals surface area contributed by atoms with Crippen molar-refractivity contribution in [3.05, 3.63) is 73.2 Å². The average molecular weight is 427 g/mol. The Balaban J connectivity index is 2.35. The van der Waals surface area contributed by atoms with E-state index in [0.29, 0.717) is 9.50 Å². The van der Waals surface area contributed by atoms with E-state index in [1.54, 1.807) is 6.07 Å². The van der Waals surface area contributed by atoms with Crippen LogP contribution in [0.15, 0.2) is 46.9 Å². The third-order valence-electron chi connectivity index (χ3n) is 3.30. The number of nitrogens with zero attached hydrogens (tertiary/aromatic N) is 2. The number of carboxylic acids is 1. The van der Waals surface area contributed by atoms with Crippen LogP contribution in [0.25, 0.3) is 0 Å². The molecule has 0 unspecified atom stereocenters. The summed E-state index contributed by atoms with van der Waals surface area (Å²) >= 11 is 8.91. The summed E-state index contributed by atoms with van der Waals surface area (Å²) in [4.78, 5) is 35.1. The van der Waals surface area contributed by atoms with Gasteiger partial charge < -0.3 is 14.8 Å². The molecule has 0 saturated heterocycles. The van der Waals surface area contributed by atoms with E-state index < -0.39 is 23.3 Å². The zero-order valence-electron chi connectivity index (χ0n) is 12.6. The molecule has 2 aromatic carbocycles. The van der Waals surface area contributed by atoms with Gasteiger partial charge in [-0.25, -0.2) is 0 Å². The molecular formula is C16H11BrClN2O5-. The van der Waals surface area contributed by atoms with E-state index in [9.17, 15) is 24.8 Å². The summed E-state index contributed by atoms with van der Waals surface area (Å²) in [7, 11) is 0. The van der Waals surface area contributed by atoms with Crippen LogP contribution < -0.4 is 5.11 Å². The maximum absolute atomic E-state index is 12.6. The summed E-state index contributed by atoms with van der Waals surface area (Å²) in [6, 6.07) is 10.2. The van der Waals surface area contributed by atoms with Crippen LogP contribution in [-0.4, -0.2) is 28.2 Å². The lowest BCUT2D eigenvalue weighted by Crippen LogP contribution is -2.41. The number of hydrogen-bond donors (Lipinski definition) is 0. The zero-order chi connectivity index (χ0) is 18.6. The van der Waals surface area contributed by atoms with E-state index in [0.717, 1.165) is 4.90 Å². The van der Waals surface area contributed by atoms with Crippen molar-refractivity contribution in [2.45, 2.75) is 6.54 Å². The monoisotopic (exact) mass is 425 g/mol. The standard InChI is InChI=1S/C16H12BrClN2O5/c17-12-4-1-11(14(7-12)20(24)25)8-19(9-15(21)22)16(23)10-2-5-13(18)6-3-10/h1-7H,8-9H2,(H,21,22)/p-1. The van der Waals surface area contributed by atoms with Crippen LogP contribution in [-0.2, 0) is 11.3 Å². The van der Waals surface area contributed by atoms with E-state index in [1.165, 1.54) is 36.4 Å². The number of nitro benzene ring substituents is 1. The number of nitro groups is 1. The molecule has 0 fully saturated rings. The van der Waals surface area contributed by atoms with Crippen LogP contribution in [0.1, 0.15) is 15.9 Å². The lowest BCUT2D eigenvalue weighted by atomic mass is 10.1. The van der Waals surface area contributed by atoms with Crippen molar-refractivity contribution in [2.24, 2.45) is 0 Å². The first-order valence-corrected chi connectivity index (χ1v) is 8.12. The fourth-order valence-electron chi connectivity index (χ4n) is 2.18. The molecule has 0 aliphatic rings. The predicted octanol–water partition coefficient (Wildman–Crippen LogP) is 2.40. The minimum Gasteiger partial charge on any atom is -0.548 e. The van der Waals surface area contributed by atoms with Crippen LogP contribution in [0, 0.1) is 10.1 Å². The van der Waals surface area contributed by atoms with Crippen LogP contribution in [0.2, 0.25) is 5.02 Å². The van der Waals surface area contributed by atoms with Crippen molar-refractivity contribution in [1.82, 2.24) is 4.90 Å². The average Bonchev–Trinajstić information content (AvgIpc) is 2.55. The van der Waals surface area contributed by atoms with Gasteiger partial charge >= 0.3 is 0 Å². The Labute approximate surface area is 156 Å². The normalized spacial score (nSPS) is 10.3. The molecule has 9 heteroatoms. The number of carbonyl (C=O) groups is 2. The summed E-state index contributed by atoms with van der Waals surface area (Å²) in [5.74, 6) is -2.07. The molecule has 0 aromatic heterocycles. The molecule has 0 aliphatic heterocycles. The highest BCUT2D eigenvalue weighted by atomic mass is 79.9. The molecule has 0 radical (unpaired) electrons. The minimum atomic E-state index is -1.47. The van der Waals surface area contributed by atoms with Gasteiger partial charge in [0.05, 0.1) is 24.0 Å². The first-order chi connectivity index (χ1) is 11.8. The SMILES string of the molecule is O=C([O-])CN(Cc1ccc(Br)cc1[N+](=O)[O-])C(=O)c1ccc(Cl)cc1. The second-order valence-corrected chi connectivity index (χ2v) is 6.42. The molecule has 1 amide bonds. The highest BCUT2D eigenvalue weighted by molar-refractivity contribution is 9.10. The summed E-state index contributed by atoms with van der Waals surface area (Å²) in [5, 5.41) is 22.6. The Hall–Kier alpha value is -2.45. The van der Waals surface area contributed by atoms with E-state index in [1.807, 2.05) is 0 Å². The van der Waals surface area contributed by atoms with E-state index in [4.69, 9.17) is 11.6 Å². The summed E-state index contributed by atoms with van der Waals surface area (Å²) < 4.78 is 0.499. The quantitative estimate of drug-likeness (QED) is 0.521. The Morgan fingerprint density at radius 3 is 2.36 bits per heavy atom. The molecule has 7 nitrogen and oxygen atoms in total. The van der Waals surface area contributed by atoms with Gasteiger partial charge in [-0.15, -0.1) is 0 Å². The fraction of sp³-hybridized carbons (Fsp3) is 0.125. The molecular weight excluding hydrogens is 416 g/mol. The van der Waals surface area contributed by atoms with Crippen LogP contribution in [0.4, 0.5) is 5.69 Å². The largest absolute Gasteiger partial charge is 0.548 e. The molecule has 2 aromatic rings. The maximum Gasteiger partial charge on any atom is 0.275 e. The molecule has 0 atom stereocenters. The predicted molar refractivity (Wildman–Crippen MR) is 92.0 cm³/mol. The Morgan fingerprint density at radius 2 is 1.80 bits per heavy atom. The number of hydrogen-bond acceptors (Lipinski definition) is 5. The first kappa shape index (κ1) is 18.9. The van der Waals surface area contributed by atoms with Crippen molar-refractivity contribution in [3.63, 3.8) is 0 Å². The smallest absolute Gasteiger partial charge is 0.275 e. The lowest BCUT2D eigenvalue weighted by Gasteiger charge is -2.23. The van der Waals surface area contributed by atoms with Crippen molar-refractivity contribution in [1.29, 1.82) is 0 Å². The molecule has 25 heavy (non-hydrogen) atoms. The molecule has 2 rings (SSSR count).